The topological polar surface area (TPSA) is 21.3 Å². The first-order chi connectivity index (χ1) is 9.31. The van der Waals surface area contributed by atoms with E-state index in [1.807, 2.05) is 12.1 Å². The molecule has 2 nitrogen and oxygen atoms in total. The molecule has 1 saturated carbocycles. The maximum Gasteiger partial charge on any atom is 0.126 e. The lowest BCUT2D eigenvalue weighted by atomic mass is 9.75. The van der Waals surface area contributed by atoms with Crippen LogP contribution in [0.5, 0.6) is 0 Å². The Balaban J connectivity index is 1.58. The zero-order valence-corrected chi connectivity index (χ0v) is 11.7. The van der Waals surface area contributed by atoms with Gasteiger partial charge in [-0.2, -0.15) is 0 Å². The lowest BCUT2D eigenvalue weighted by Crippen LogP contribution is -2.41. The van der Waals surface area contributed by atoms with Crippen molar-refractivity contribution in [1.29, 1.82) is 0 Å². The summed E-state index contributed by atoms with van der Waals surface area (Å²) < 4.78 is 19.1. The van der Waals surface area contributed by atoms with E-state index in [0.29, 0.717) is 12.0 Å². The summed E-state index contributed by atoms with van der Waals surface area (Å²) in [7, 11) is 0. The van der Waals surface area contributed by atoms with E-state index < -0.39 is 0 Å². The third-order valence-electron chi connectivity index (χ3n) is 3.80. The molecular formula is C16H24FNO. The van der Waals surface area contributed by atoms with E-state index in [4.69, 9.17) is 4.74 Å². The Morgan fingerprint density at radius 1 is 1.26 bits per heavy atom. The molecule has 2 rings (SSSR count). The van der Waals surface area contributed by atoms with Gasteiger partial charge < -0.3 is 10.1 Å². The van der Waals surface area contributed by atoms with Gasteiger partial charge in [0.15, 0.2) is 0 Å². The average molecular weight is 265 g/mol. The molecule has 1 aromatic rings. The summed E-state index contributed by atoms with van der Waals surface area (Å²) in [6.07, 6.45) is 4.39. The van der Waals surface area contributed by atoms with Crippen molar-refractivity contribution in [2.75, 3.05) is 19.8 Å². The van der Waals surface area contributed by atoms with Gasteiger partial charge in [0.1, 0.15) is 5.82 Å². The molecule has 0 heterocycles. The van der Waals surface area contributed by atoms with Gasteiger partial charge in [0, 0.05) is 19.2 Å². The predicted octanol–water partition coefficient (Wildman–Crippen LogP) is 3.48. The van der Waals surface area contributed by atoms with Gasteiger partial charge in [0.2, 0.25) is 0 Å². The Bertz CT molecular complexity index is 377. The first-order valence-corrected chi connectivity index (χ1v) is 7.36. The van der Waals surface area contributed by atoms with Crippen LogP contribution in [0.1, 0.15) is 44.1 Å². The van der Waals surface area contributed by atoms with Gasteiger partial charge >= 0.3 is 0 Å². The van der Waals surface area contributed by atoms with Crippen molar-refractivity contribution >= 4 is 0 Å². The third-order valence-corrected chi connectivity index (χ3v) is 3.80. The van der Waals surface area contributed by atoms with Gasteiger partial charge in [0.05, 0.1) is 6.61 Å². The molecule has 0 atom stereocenters. The highest BCUT2D eigenvalue weighted by atomic mass is 19.1. The smallest absolute Gasteiger partial charge is 0.126 e. The first-order valence-electron chi connectivity index (χ1n) is 7.36. The summed E-state index contributed by atoms with van der Waals surface area (Å²) in [5.74, 6) is 0.327. The Labute approximate surface area is 115 Å². The summed E-state index contributed by atoms with van der Waals surface area (Å²) in [5.41, 5.74) is 0.875. The molecule has 1 aliphatic carbocycles. The quantitative estimate of drug-likeness (QED) is 0.727. The summed E-state index contributed by atoms with van der Waals surface area (Å²) in [4.78, 5) is 0. The van der Waals surface area contributed by atoms with Crippen LogP contribution in [0, 0.1) is 5.82 Å². The molecule has 0 spiro atoms. The van der Waals surface area contributed by atoms with Crippen LogP contribution >= 0.6 is 0 Å². The van der Waals surface area contributed by atoms with E-state index >= 15 is 0 Å². The summed E-state index contributed by atoms with van der Waals surface area (Å²) in [6, 6.07) is 7.66. The lowest BCUT2D eigenvalue weighted by Gasteiger charge is -2.36. The predicted molar refractivity (Wildman–Crippen MR) is 75.9 cm³/mol. The SMILES string of the molecule is CCCCOCCNC1CC(c2ccccc2F)C1. The molecule has 1 fully saturated rings. The second-order valence-corrected chi connectivity index (χ2v) is 5.31. The second kappa shape index (κ2) is 7.61. The maximum atomic E-state index is 13.6. The Morgan fingerprint density at radius 3 is 2.79 bits per heavy atom. The minimum absolute atomic E-state index is 0.0613. The highest BCUT2D eigenvalue weighted by molar-refractivity contribution is 5.24. The zero-order valence-electron chi connectivity index (χ0n) is 11.7. The van der Waals surface area contributed by atoms with Crippen molar-refractivity contribution in [3.8, 4) is 0 Å². The van der Waals surface area contributed by atoms with Crippen molar-refractivity contribution in [3.05, 3.63) is 35.6 Å². The molecule has 1 aliphatic rings. The van der Waals surface area contributed by atoms with Crippen molar-refractivity contribution in [2.45, 2.75) is 44.6 Å². The fourth-order valence-corrected chi connectivity index (χ4v) is 2.53. The molecule has 3 heteroatoms. The number of halogens is 1. The Hall–Kier alpha value is -0.930. The molecule has 19 heavy (non-hydrogen) atoms. The standard InChI is InChI=1S/C16H24FNO/c1-2-3-9-19-10-8-18-14-11-13(12-14)15-6-4-5-7-16(15)17/h4-7,13-14,18H,2-3,8-12H2,1H3. The number of unbranched alkanes of at least 4 members (excludes halogenated alkanes) is 1. The number of hydrogen-bond acceptors (Lipinski definition) is 2. The Kier molecular flexibility index (Phi) is 5.80. The number of nitrogens with one attached hydrogen (secondary N) is 1. The van der Waals surface area contributed by atoms with Crippen LogP contribution in [0.15, 0.2) is 24.3 Å². The van der Waals surface area contributed by atoms with Crippen LogP contribution in [-0.2, 0) is 4.74 Å². The molecule has 106 valence electrons. The van der Waals surface area contributed by atoms with Gasteiger partial charge in [-0.15, -0.1) is 0 Å². The largest absolute Gasteiger partial charge is 0.380 e. The van der Waals surface area contributed by atoms with Gasteiger partial charge in [-0.3, -0.25) is 0 Å². The molecule has 1 aromatic carbocycles. The van der Waals surface area contributed by atoms with Crippen LogP contribution in [0.2, 0.25) is 0 Å². The molecule has 0 radical (unpaired) electrons. The van der Waals surface area contributed by atoms with Crippen molar-refractivity contribution in [2.24, 2.45) is 0 Å². The highest BCUT2D eigenvalue weighted by Crippen LogP contribution is 2.37. The minimum Gasteiger partial charge on any atom is -0.380 e. The van der Waals surface area contributed by atoms with E-state index in [0.717, 1.165) is 44.6 Å². The molecule has 0 bridgehead atoms. The molecule has 0 aromatic heterocycles. The van der Waals surface area contributed by atoms with Gasteiger partial charge in [0.25, 0.3) is 0 Å². The van der Waals surface area contributed by atoms with Crippen LogP contribution in [0.3, 0.4) is 0 Å². The molecule has 1 N–H and O–H groups in total. The van der Waals surface area contributed by atoms with Gasteiger partial charge in [-0.05, 0) is 36.8 Å². The van der Waals surface area contributed by atoms with Crippen LogP contribution in [0.25, 0.3) is 0 Å². The van der Waals surface area contributed by atoms with E-state index in [1.54, 1.807) is 12.1 Å². The van der Waals surface area contributed by atoms with E-state index in [2.05, 4.69) is 12.2 Å². The maximum absolute atomic E-state index is 13.6. The molecule has 0 unspecified atom stereocenters. The second-order valence-electron chi connectivity index (χ2n) is 5.31. The third kappa shape index (κ3) is 4.29. The van der Waals surface area contributed by atoms with Gasteiger partial charge in [-0.25, -0.2) is 4.39 Å². The van der Waals surface area contributed by atoms with Crippen molar-refractivity contribution in [1.82, 2.24) is 5.32 Å². The number of hydrogen-bond donors (Lipinski definition) is 1. The fourth-order valence-electron chi connectivity index (χ4n) is 2.53. The van der Waals surface area contributed by atoms with Crippen LogP contribution in [-0.4, -0.2) is 25.8 Å². The van der Waals surface area contributed by atoms with Crippen LogP contribution < -0.4 is 5.32 Å². The molecule has 0 aliphatic heterocycles. The zero-order chi connectivity index (χ0) is 13.5. The highest BCUT2D eigenvalue weighted by Gasteiger charge is 2.31. The fraction of sp³-hybridized carbons (Fsp3) is 0.625. The monoisotopic (exact) mass is 265 g/mol. The normalized spacial score (nSPS) is 22.2. The van der Waals surface area contributed by atoms with Crippen molar-refractivity contribution in [3.63, 3.8) is 0 Å². The van der Waals surface area contributed by atoms with Gasteiger partial charge in [-0.1, -0.05) is 31.5 Å². The van der Waals surface area contributed by atoms with E-state index in [1.165, 1.54) is 6.42 Å². The van der Waals surface area contributed by atoms with Crippen molar-refractivity contribution < 1.29 is 9.13 Å². The average Bonchev–Trinajstić information content (AvgIpc) is 2.37. The molecular weight excluding hydrogens is 241 g/mol. The number of rotatable bonds is 8. The summed E-state index contributed by atoms with van der Waals surface area (Å²) in [5, 5.41) is 3.47. The summed E-state index contributed by atoms with van der Waals surface area (Å²) in [6.45, 7) is 4.71. The molecule has 0 amide bonds. The first kappa shape index (κ1) is 14.5. The summed E-state index contributed by atoms with van der Waals surface area (Å²) >= 11 is 0. The van der Waals surface area contributed by atoms with E-state index in [9.17, 15) is 4.39 Å². The Morgan fingerprint density at radius 2 is 2.05 bits per heavy atom. The number of benzene rings is 1. The van der Waals surface area contributed by atoms with E-state index in [-0.39, 0.29) is 5.82 Å². The lowest BCUT2D eigenvalue weighted by molar-refractivity contribution is 0.126. The minimum atomic E-state index is -0.0613. The molecule has 0 saturated heterocycles. The number of ether oxygens (including phenoxy) is 1. The van der Waals surface area contributed by atoms with Crippen LogP contribution in [0.4, 0.5) is 4.39 Å².